The van der Waals surface area contributed by atoms with E-state index in [1.165, 1.54) is 21.0 Å². The molecular formula is C13H17FN2O3. The van der Waals surface area contributed by atoms with E-state index in [1.54, 1.807) is 24.3 Å². The second kappa shape index (κ2) is 6.17. The van der Waals surface area contributed by atoms with Crippen LogP contribution in [0.5, 0.6) is 0 Å². The quantitative estimate of drug-likeness (QED) is 0.882. The number of hydrogen-bond acceptors (Lipinski definition) is 3. The molecule has 5 nitrogen and oxygen atoms in total. The van der Waals surface area contributed by atoms with Crippen LogP contribution in [0.2, 0.25) is 0 Å². The van der Waals surface area contributed by atoms with Gasteiger partial charge in [-0.25, -0.2) is 9.18 Å². The third-order valence-corrected chi connectivity index (χ3v) is 2.52. The molecule has 0 saturated carbocycles. The third kappa shape index (κ3) is 4.24. The second-order valence-electron chi connectivity index (χ2n) is 4.67. The highest BCUT2D eigenvalue weighted by atomic mass is 19.1. The van der Waals surface area contributed by atoms with E-state index in [0.29, 0.717) is 11.4 Å². The highest BCUT2D eigenvalue weighted by molar-refractivity contribution is 5.95. The maximum Gasteiger partial charge on any atom is 0.411 e. The van der Waals surface area contributed by atoms with Gasteiger partial charge in [-0.2, -0.15) is 0 Å². The van der Waals surface area contributed by atoms with Crippen LogP contribution in [0.4, 0.5) is 20.6 Å². The largest absolute Gasteiger partial charge is 0.453 e. The molecule has 0 aliphatic heterocycles. The van der Waals surface area contributed by atoms with Crippen molar-refractivity contribution < 1.29 is 18.7 Å². The number of carbonyl (C=O) groups excluding carboxylic acids is 2. The lowest BCUT2D eigenvalue weighted by Gasteiger charge is -2.19. The lowest BCUT2D eigenvalue weighted by atomic mass is 9.94. The minimum atomic E-state index is -1.07. The van der Waals surface area contributed by atoms with Crippen molar-refractivity contribution in [3.05, 3.63) is 24.3 Å². The predicted octanol–water partition coefficient (Wildman–Crippen LogP) is 2.80. The molecule has 1 rings (SSSR count). The summed E-state index contributed by atoms with van der Waals surface area (Å²) in [7, 11) is 1.27. The number of hydrogen-bond donors (Lipinski definition) is 2. The SMILES string of the molecule is COC(=O)Nc1ccc(NC(=O)C(C)(C)CF)cc1. The Kier molecular flexibility index (Phi) is 4.86. The average Bonchev–Trinajstić information content (AvgIpc) is 2.40. The van der Waals surface area contributed by atoms with E-state index in [0.717, 1.165) is 0 Å². The predicted molar refractivity (Wildman–Crippen MR) is 70.9 cm³/mol. The number of methoxy groups -OCH3 is 1. The van der Waals surface area contributed by atoms with Crippen molar-refractivity contribution in [2.45, 2.75) is 13.8 Å². The van der Waals surface area contributed by atoms with Crippen LogP contribution >= 0.6 is 0 Å². The molecule has 0 spiro atoms. The molecule has 1 aromatic carbocycles. The molecule has 104 valence electrons. The Morgan fingerprint density at radius 2 is 1.63 bits per heavy atom. The van der Waals surface area contributed by atoms with E-state index < -0.39 is 24.1 Å². The first-order valence-corrected chi connectivity index (χ1v) is 5.71. The summed E-state index contributed by atoms with van der Waals surface area (Å²) in [6.45, 7) is 2.31. The van der Waals surface area contributed by atoms with Crippen LogP contribution in [-0.4, -0.2) is 25.8 Å². The first-order valence-electron chi connectivity index (χ1n) is 5.71. The van der Waals surface area contributed by atoms with Crippen LogP contribution in [0.1, 0.15) is 13.8 Å². The minimum absolute atomic E-state index is 0.399. The second-order valence-corrected chi connectivity index (χ2v) is 4.67. The highest BCUT2D eigenvalue weighted by Crippen LogP contribution is 2.20. The number of rotatable bonds is 4. The summed E-state index contributed by atoms with van der Waals surface area (Å²) in [6.07, 6.45) is -0.574. The van der Waals surface area contributed by atoms with Crippen LogP contribution in [-0.2, 0) is 9.53 Å². The van der Waals surface area contributed by atoms with Crippen molar-refractivity contribution in [2.75, 3.05) is 24.4 Å². The Morgan fingerprint density at radius 1 is 1.16 bits per heavy atom. The van der Waals surface area contributed by atoms with Gasteiger partial charge in [0, 0.05) is 11.4 Å². The van der Waals surface area contributed by atoms with Gasteiger partial charge in [0.2, 0.25) is 5.91 Å². The van der Waals surface area contributed by atoms with E-state index in [4.69, 9.17) is 0 Å². The van der Waals surface area contributed by atoms with Gasteiger partial charge in [0.25, 0.3) is 0 Å². The molecular weight excluding hydrogens is 251 g/mol. The maximum absolute atomic E-state index is 12.6. The lowest BCUT2D eigenvalue weighted by molar-refractivity contribution is -0.124. The topological polar surface area (TPSA) is 67.4 Å². The van der Waals surface area contributed by atoms with Crippen molar-refractivity contribution in [3.63, 3.8) is 0 Å². The van der Waals surface area contributed by atoms with Crippen molar-refractivity contribution >= 4 is 23.4 Å². The van der Waals surface area contributed by atoms with Crippen molar-refractivity contribution in [1.29, 1.82) is 0 Å². The van der Waals surface area contributed by atoms with Crippen molar-refractivity contribution in [3.8, 4) is 0 Å². The Morgan fingerprint density at radius 3 is 2.05 bits per heavy atom. The maximum atomic E-state index is 12.6. The molecule has 0 fully saturated rings. The van der Waals surface area contributed by atoms with Gasteiger partial charge in [0.1, 0.15) is 6.67 Å². The third-order valence-electron chi connectivity index (χ3n) is 2.52. The fourth-order valence-electron chi connectivity index (χ4n) is 1.17. The van der Waals surface area contributed by atoms with E-state index in [1.807, 2.05) is 0 Å². The number of benzene rings is 1. The summed E-state index contributed by atoms with van der Waals surface area (Å²) in [4.78, 5) is 22.7. The molecule has 0 bridgehead atoms. The van der Waals surface area contributed by atoms with Gasteiger partial charge in [-0.1, -0.05) is 0 Å². The first-order chi connectivity index (χ1) is 8.89. The standard InChI is InChI=1S/C13H17FN2O3/c1-13(2,8-14)11(17)15-9-4-6-10(7-5-9)16-12(18)19-3/h4-7H,8H2,1-3H3,(H,15,17)(H,16,18). The van der Waals surface area contributed by atoms with Gasteiger partial charge in [-0.05, 0) is 38.1 Å². The van der Waals surface area contributed by atoms with E-state index in [2.05, 4.69) is 15.4 Å². The fraction of sp³-hybridized carbons (Fsp3) is 0.385. The molecule has 0 radical (unpaired) electrons. The molecule has 2 N–H and O–H groups in total. The van der Waals surface area contributed by atoms with Gasteiger partial charge in [0.05, 0.1) is 12.5 Å². The summed E-state index contributed by atoms with van der Waals surface area (Å²) in [5.41, 5.74) is -0.000288. The molecule has 0 aromatic heterocycles. The number of nitrogens with one attached hydrogen (secondary N) is 2. The minimum Gasteiger partial charge on any atom is -0.453 e. The fourth-order valence-corrected chi connectivity index (χ4v) is 1.17. The number of halogens is 1. The Bertz CT molecular complexity index is 457. The smallest absolute Gasteiger partial charge is 0.411 e. The van der Waals surface area contributed by atoms with Gasteiger partial charge in [-0.3, -0.25) is 10.1 Å². The number of amides is 2. The molecule has 0 aliphatic carbocycles. The Labute approximate surface area is 111 Å². The summed E-state index contributed by atoms with van der Waals surface area (Å²) >= 11 is 0. The van der Waals surface area contributed by atoms with Crippen LogP contribution in [0.25, 0.3) is 0 Å². The van der Waals surface area contributed by atoms with Crippen molar-refractivity contribution in [2.24, 2.45) is 5.41 Å². The van der Waals surface area contributed by atoms with Crippen LogP contribution in [0, 0.1) is 5.41 Å². The zero-order valence-corrected chi connectivity index (χ0v) is 11.1. The molecule has 2 amide bonds. The van der Waals surface area contributed by atoms with Gasteiger partial charge < -0.3 is 10.1 Å². The molecule has 0 heterocycles. The van der Waals surface area contributed by atoms with Gasteiger partial charge in [-0.15, -0.1) is 0 Å². The highest BCUT2D eigenvalue weighted by Gasteiger charge is 2.27. The molecule has 0 unspecified atom stereocenters. The molecule has 1 aromatic rings. The monoisotopic (exact) mass is 268 g/mol. The van der Waals surface area contributed by atoms with Crippen LogP contribution < -0.4 is 10.6 Å². The summed E-state index contributed by atoms with van der Waals surface area (Å²) in [6, 6.07) is 6.43. The average molecular weight is 268 g/mol. The van der Waals surface area contributed by atoms with E-state index in [-0.39, 0.29) is 0 Å². The van der Waals surface area contributed by atoms with Gasteiger partial charge in [0.15, 0.2) is 0 Å². The number of carbonyl (C=O) groups is 2. The lowest BCUT2D eigenvalue weighted by Crippen LogP contribution is -2.32. The molecule has 19 heavy (non-hydrogen) atoms. The van der Waals surface area contributed by atoms with Gasteiger partial charge >= 0.3 is 6.09 Å². The van der Waals surface area contributed by atoms with E-state index >= 15 is 0 Å². The van der Waals surface area contributed by atoms with Crippen molar-refractivity contribution in [1.82, 2.24) is 0 Å². The number of alkyl halides is 1. The summed E-state index contributed by atoms with van der Waals surface area (Å²) in [5, 5.41) is 5.08. The summed E-state index contributed by atoms with van der Waals surface area (Å²) in [5.74, 6) is -0.399. The summed E-state index contributed by atoms with van der Waals surface area (Å²) < 4.78 is 17.1. The molecule has 0 atom stereocenters. The van der Waals surface area contributed by atoms with Crippen LogP contribution in [0.15, 0.2) is 24.3 Å². The zero-order chi connectivity index (χ0) is 14.5. The molecule has 0 saturated heterocycles. The molecule has 0 aliphatic rings. The van der Waals surface area contributed by atoms with Crippen LogP contribution in [0.3, 0.4) is 0 Å². The zero-order valence-electron chi connectivity index (χ0n) is 11.1. The Balaban J connectivity index is 2.67. The molecule has 6 heteroatoms. The van der Waals surface area contributed by atoms with E-state index in [9.17, 15) is 14.0 Å². The first kappa shape index (κ1) is 14.9. The normalized spacial score (nSPS) is 10.7. The number of anilines is 2. The number of ether oxygens (including phenoxy) is 1. The Hall–Kier alpha value is -2.11.